The van der Waals surface area contributed by atoms with E-state index in [0.29, 0.717) is 0 Å². The highest BCUT2D eigenvalue weighted by Crippen LogP contribution is 2.42. The van der Waals surface area contributed by atoms with Crippen molar-refractivity contribution < 1.29 is 9.53 Å². The standard InChI is InChI=1S/C25H26O2/c1-2-3-4-5-6-9-17-27-23-16-15-19-18-11-7-8-12-20(18)25(26)22-14-10-13-21(23)24(19)22/h7-8,10-16H,2-6,9,17H2,1H3. The third-order valence-electron chi connectivity index (χ3n) is 5.46. The quantitative estimate of drug-likeness (QED) is 0.324. The summed E-state index contributed by atoms with van der Waals surface area (Å²) in [5, 5.41) is 2.07. The van der Waals surface area contributed by atoms with E-state index < -0.39 is 0 Å². The van der Waals surface area contributed by atoms with E-state index in [1.54, 1.807) is 0 Å². The van der Waals surface area contributed by atoms with E-state index in [0.717, 1.165) is 51.8 Å². The smallest absolute Gasteiger partial charge is 0.194 e. The molecule has 0 atom stereocenters. The molecule has 2 heteroatoms. The van der Waals surface area contributed by atoms with Crippen LogP contribution < -0.4 is 4.74 Å². The van der Waals surface area contributed by atoms with Crippen molar-refractivity contribution in [2.75, 3.05) is 6.61 Å². The summed E-state index contributed by atoms with van der Waals surface area (Å²) in [5.41, 5.74) is 3.72. The number of ketones is 1. The Morgan fingerprint density at radius 1 is 0.704 bits per heavy atom. The Hall–Kier alpha value is -2.61. The van der Waals surface area contributed by atoms with E-state index in [4.69, 9.17) is 4.74 Å². The molecule has 27 heavy (non-hydrogen) atoms. The van der Waals surface area contributed by atoms with Crippen molar-refractivity contribution in [3.63, 3.8) is 0 Å². The van der Waals surface area contributed by atoms with Crippen LogP contribution in [0.2, 0.25) is 0 Å². The Morgan fingerprint density at radius 3 is 2.30 bits per heavy atom. The van der Waals surface area contributed by atoms with Gasteiger partial charge in [0.15, 0.2) is 5.78 Å². The van der Waals surface area contributed by atoms with Crippen molar-refractivity contribution in [2.45, 2.75) is 45.4 Å². The Balaban J connectivity index is 1.59. The van der Waals surface area contributed by atoms with Crippen molar-refractivity contribution in [3.8, 4) is 16.9 Å². The molecular formula is C25H26O2. The Bertz CT molecular complexity index is 971. The van der Waals surface area contributed by atoms with Gasteiger partial charge in [0.05, 0.1) is 6.61 Å². The molecule has 0 spiro atoms. The Kier molecular flexibility index (Phi) is 5.24. The predicted molar refractivity (Wildman–Crippen MR) is 112 cm³/mol. The summed E-state index contributed by atoms with van der Waals surface area (Å²) in [5.74, 6) is 0.994. The summed E-state index contributed by atoms with van der Waals surface area (Å²) in [7, 11) is 0. The van der Waals surface area contributed by atoms with Crippen molar-refractivity contribution in [1.29, 1.82) is 0 Å². The molecule has 0 saturated heterocycles. The minimum atomic E-state index is 0.108. The lowest BCUT2D eigenvalue weighted by molar-refractivity contribution is 0.104. The summed E-state index contributed by atoms with van der Waals surface area (Å²) in [4.78, 5) is 13.0. The van der Waals surface area contributed by atoms with Gasteiger partial charge in [-0.15, -0.1) is 0 Å². The van der Waals surface area contributed by atoms with Crippen LogP contribution in [0.5, 0.6) is 5.75 Å². The molecule has 1 aliphatic carbocycles. The first-order chi connectivity index (χ1) is 13.3. The highest BCUT2D eigenvalue weighted by molar-refractivity contribution is 6.26. The lowest BCUT2D eigenvalue weighted by atomic mass is 9.83. The molecule has 0 bridgehead atoms. The van der Waals surface area contributed by atoms with E-state index in [1.165, 1.54) is 32.1 Å². The van der Waals surface area contributed by atoms with Gasteiger partial charge in [-0.1, -0.05) is 87.6 Å². The maximum absolute atomic E-state index is 13.0. The summed E-state index contributed by atoms with van der Waals surface area (Å²) in [6.45, 7) is 2.97. The number of fused-ring (bicyclic) bond motifs is 2. The minimum Gasteiger partial charge on any atom is -0.493 e. The third-order valence-corrected chi connectivity index (χ3v) is 5.46. The zero-order valence-electron chi connectivity index (χ0n) is 16.0. The van der Waals surface area contributed by atoms with Crippen molar-refractivity contribution in [1.82, 2.24) is 0 Å². The van der Waals surface area contributed by atoms with E-state index in [1.807, 2.05) is 36.4 Å². The SMILES string of the molecule is CCCCCCCCOc1ccc2c3c(cccc13)C(=O)c1ccccc1-2. The maximum atomic E-state index is 13.0. The fourth-order valence-corrected chi connectivity index (χ4v) is 4.05. The van der Waals surface area contributed by atoms with E-state index in [2.05, 4.69) is 25.1 Å². The summed E-state index contributed by atoms with van der Waals surface area (Å²) >= 11 is 0. The summed E-state index contributed by atoms with van der Waals surface area (Å²) in [6.07, 6.45) is 7.50. The molecule has 0 fully saturated rings. The number of carbonyl (C=O) groups is 1. The number of rotatable bonds is 8. The van der Waals surface area contributed by atoms with Gasteiger partial charge in [0, 0.05) is 21.9 Å². The van der Waals surface area contributed by atoms with Gasteiger partial charge in [-0.25, -0.2) is 0 Å². The molecule has 138 valence electrons. The van der Waals surface area contributed by atoms with Crippen LogP contribution in [0.4, 0.5) is 0 Å². The van der Waals surface area contributed by atoms with Crippen LogP contribution in [-0.4, -0.2) is 12.4 Å². The molecule has 0 unspecified atom stereocenters. The maximum Gasteiger partial charge on any atom is 0.194 e. The average molecular weight is 358 g/mol. The first-order valence-corrected chi connectivity index (χ1v) is 10.1. The van der Waals surface area contributed by atoms with Gasteiger partial charge >= 0.3 is 0 Å². The van der Waals surface area contributed by atoms with Crippen LogP contribution in [0.3, 0.4) is 0 Å². The number of hydrogen-bond acceptors (Lipinski definition) is 2. The minimum absolute atomic E-state index is 0.108. The van der Waals surface area contributed by atoms with Crippen LogP contribution in [-0.2, 0) is 0 Å². The second kappa shape index (κ2) is 7.96. The molecule has 0 aliphatic heterocycles. The molecule has 0 aromatic heterocycles. The molecule has 3 aromatic rings. The number of ether oxygens (including phenoxy) is 1. The monoisotopic (exact) mass is 358 g/mol. The van der Waals surface area contributed by atoms with Gasteiger partial charge < -0.3 is 4.74 Å². The Labute approximate surface area is 161 Å². The molecule has 2 nitrogen and oxygen atoms in total. The highest BCUT2D eigenvalue weighted by atomic mass is 16.5. The molecule has 0 amide bonds. The third kappa shape index (κ3) is 3.37. The molecule has 4 rings (SSSR count). The lowest BCUT2D eigenvalue weighted by Crippen LogP contribution is -2.10. The fraction of sp³-hybridized carbons (Fsp3) is 0.320. The van der Waals surface area contributed by atoms with Crippen LogP contribution in [0.25, 0.3) is 21.9 Å². The number of unbranched alkanes of at least 4 members (excludes halogenated alkanes) is 5. The van der Waals surface area contributed by atoms with E-state index in [9.17, 15) is 4.79 Å². The summed E-state index contributed by atoms with van der Waals surface area (Å²) < 4.78 is 6.12. The van der Waals surface area contributed by atoms with Gasteiger partial charge in [-0.2, -0.15) is 0 Å². The number of carbonyl (C=O) groups excluding carboxylic acids is 1. The van der Waals surface area contributed by atoms with Crippen LogP contribution >= 0.6 is 0 Å². The summed E-state index contributed by atoms with van der Waals surface area (Å²) in [6, 6.07) is 18.0. The van der Waals surface area contributed by atoms with Crippen LogP contribution in [0.15, 0.2) is 54.6 Å². The van der Waals surface area contributed by atoms with Crippen LogP contribution in [0.1, 0.15) is 61.4 Å². The average Bonchev–Trinajstić information content (AvgIpc) is 2.71. The van der Waals surface area contributed by atoms with Gasteiger partial charge in [0.25, 0.3) is 0 Å². The number of benzene rings is 3. The first kappa shape index (κ1) is 17.8. The topological polar surface area (TPSA) is 26.3 Å². The van der Waals surface area contributed by atoms with Gasteiger partial charge in [0.2, 0.25) is 0 Å². The van der Waals surface area contributed by atoms with Crippen molar-refractivity contribution >= 4 is 16.6 Å². The van der Waals surface area contributed by atoms with E-state index in [-0.39, 0.29) is 5.78 Å². The molecule has 1 aliphatic rings. The normalized spacial score (nSPS) is 12.3. The highest BCUT2D eigenvalue weighted by Gasteiger charge is 2.25. The van der Waals surface area contributed by atoms with Crippen molar-refractivity contribution in [2.24, 2.45) is 0 Å². The van der Waals surface area contributed by atoms with Gasteiger partial charge in [0.1, 0.15) is 5.75 Å². The number of hydrogen-bond donors (Lipinski definition) is 0. The second-order valence-electron chi connectivity index (χ2n) is 7.33. The molecular weight excluding hydrogens is 332 g/mol. The van der Waals surface area contributed by atoms with Gasteiger partial charge in [-0.05, 0) is 23.6 Å². The second-order valence-corrected chi connectivity index (χ2v) is 7.33. The molecule has 0 heterocycles. The zero-order chi connectivity index (χ0) is 18.6. The predicted octanol–water partition coefficient (Wildman–Crippen LogP) is 6.79. The molecule has 3 aromatic carbocycles. The van der Waals surface area contributed by atoms with Crippen molar-refractivity contribution in [3.05, 3.63) is 65.7 Å². The van der Waals surface area contributed by atoms with E-state index >= 15 is 0 Å². The zero-order valence-corrected chi connectivity index (χ0v) is 16.0. The van der Waals surface area contributed by atoms with Crippen LogP contribution in [0, 0.1) is 0 Å². The molecule has 0 N–H and O–H groups in total. The molecule has 0 saturated carbocycles. The largest absolute Gasteiger partial charge is 0.493 e. The van der Waals surface area contributed by atoms with Gasteiger partial charge in [-0.3, -0.25) is 4.79 Å². The first-order valence-electron chi connectivity index (χ1n) is 10.1. The Morgan fingerprint density at radius 2 is 1.44 bits per heavy atom. The fourth-order valence-electron chi connectivity index (χ4n) is 4.05. The lowest BCUT2D eigenvalue weighted by Gasteiger charge is -2.21. The molecule has 0 radical (unpaired) electrons.